The van der Waals surface area contributed by atoms with Crippen LogP contribution in [-0.2, 0) is 9.53 Å². The monoisotopic (exact) mass is 536 g/mol. The van der Waals surface area contributed by atoms with Gasteiger partial charge in [-0.2, -0.15) is 5.26 Å². The molecule has 2 aliphatic heterocycles. The normalized spacial score (nSPS) is 22.6. The number of carbonyl (C=O) groups excluding carboxylic acids is 2. The maximum atomic E-state index is 14.3. The SMILES string of the molecule is CC(C)(C=C(C#N)C(=O)N1CC(F)CC1COC(=O)N[C@H](CB(O)O)c1ccccc1)N1CCC(F)(F)C1. The number of nitriles is 1. The highest BCUT2D eigenvalue weighted by Gasteiger charge is 2.44. The molecule has 1 aromatic carbocycles. The van der Waals surface area contributed by atoms with Crippen molar-refractivity contribution in [3.8, 4) is 6.07 Å². The minimum Gasteiger partial charge on any atom is -0.447 e. The quantitative estimate of drug-likeness (QED) is 0.252. The first-order chi connectivity index (χ1) is 17.8. The molecule has 2 unspecified atom stereocenters. The molecule has 9 nitrogen and oxygen atoms in total. The lowest BCUT2D eigenvalue weighted by molar-refractivity contribution is -0.128. The first-order valence-corrected chi connectivity index (χ1v) is 12.4. The second kappa shape index (κ2) is 12.2. The molecule has 0 aromatic heterocycles. The maximum Gasteiger partial charge on any atom is 0.453 e. The van der Waals surface area contributed by atoms with E-state index in [2.05, 4.69) is 5.32 Å². The van der Waals surface area contributed by atoms with Gasteiger partial charge in [-0.05, 0) is 25.5 Å². The number of rotatable bonds is 9. The Bertz CT molecular complexity index is 1070. The highest BCUT2D eigenvalue weighted by Crippen LogP contribution is 2.33. The van der Waals surface area contributed by atoms with Gasteiger partial charge in [0, 0.05) is 31.2 Å². The molecule has 2 aliphatic rings. The number of halogens is 3. The number of benzene rings is 1. The van der Waals surface area contributed by atoms with Crippen LogP contribution < -0.4 is 5.32 Å². The summed E-state index contributed by atoms with van der Waals surface area (Å²) in [5.41, 5.74) is -0.721. The smallest absolute Gasteiger partial charge is 0.447 e. The number of hydrogen-bond acceptors (Lipinski definition) is 7. The maximum absolute atomic E-state index is 14.3. The van der Waals surface area contributed by atoms with Crippen molar-refractivity contribution in [1.82, 2.24) is 15.1 Å². The minimum atomic E-state index is -2.85. The lowest BCUT2D eigenvalue weighted by Crippen LogP contribution is -2.44. The van der Waals surface area contributed by atoms with Gasteiger partial charge in [-0.25, -0.2) is 18.0 Å². The van der Waals surface area contributed by atoms with Crippen molar-refractivity contribution in [2.24, 2.45) is 0 Å². The average Bonchev–Trinajstić information content (AvgIpc) is 3.42. The summed E-state index contributed by atoms with van der Waals surface area (Å²) in [5, 5.41) is 31.0. The van der Waals surface area contributed by atoms with Crippen LogP contribution >= 0.6 is 0 Å². The Morgan fingerprint density at radius 1 is 1.34 bits per heavy atom. The molecule has 2 fully saturated rings. The molecular formula is C25H32BF3N4O5. The van der Waals surface area contributed by atoms with Gasteiger partial charge in [0.1, 0.15) is 24.4 Å². The number of alkyl halides is 3. The molecule has 2 amide bonds. The first kappa shape index (κ1) is 29.5. The Morgan fingerprint density at radius 2 is 2.03 bits per heavy atom. The van der Waals surface area contributed by atoms with Crippen molar-refractivity contribution in [2.45, 2.75) is 62.7 Å². The van der Waals surface area contributed by atoms with Gasteiger partial charge in [-0.3, -0.25) is 9.69 Å². The summed E-state index contributed by atoms with van der Waals surface area (Å²) < 4.78 is 47.0. The van der Waals surface area contributed by atoms with E-state index in [1.165, 1.54) is 11.0 Å². The van der Waals surface area contributed by atoms with Crippen LogP contribution in [0.2, 0.25) is 6.32 Å². The largest absolute Gasteiger partial charge is 0.453 e. The number of nitrogens with zero attached hydrogens (tertiary/aromatic N) is 3. The summed E-state index contributed by atoms with van der Waals surface area (Å²) >= 11 is 0. The molecule has 0 saturated carbocycles. The zero-order valence-corrected chi connectivity index (χ0v) is 21.3. The number of ether oxygens (including phenoxy) is 1. The van der Waals surface area contributed by atoms with Gasteiger partial charge in [-0.1, -0.05) is 30.3 Å². The van der Waals surface area contributed by atoms with E-state index in [0.29, 0.717) is 5.56 Å². The summed E-state index contributed by atoms with van der Waals surface area (Å²) in [7, 11) is -1.69. The predicted octanol–water partition coefficient (Wildman–Crippen LogP) is 2.44. The number of alkyl carbamates (subject to hydrolysis) is 1. The molecule has 3 atom stereocenters. The molecule has 0 radical (unpaired) electrons. The van der Waals surface area contributed by atoms with E-state index in [9.17, 15) is 38.1 Å². The summed E-state index contributed by atoms with van der Waals surface area (Å²) in [6.45, 7) is 2.18. The van der Waals surface area contributed by atoms with Crippen LogP contribution in [0.3, 0.4) is 0 Å². The van der Waals surface area contributed by atoms with Crippen LogP contribution in [0.4, 0.5) is 18.0 Å². The van der Waals surface area contributed by atoms with Crippen LogP contribution in [0.25, 0.3) is 0 Å². The van der Waals surface area contributed by atoms with E-state index in [1.54, 1.807) is 44.2 Å². The average molecular weight is 536 g/mol. The Morgan fingerprint density at radius 3 is 2.61 bits per heavy atom. The number of amides is 2. The molecule has 2 heterocycles. The zero-order chi connectivity index (χ0) is 28.1. The Labute approximate surface area is 220 Å². The van der Waals surface area contributed by atoms with E-state index in [1.807, 2.05) is 6.07 Å². The van der Waals surface area contributed by atoms with Crippen molar-refractivity contribution < 1.29 is 37.5 Å². The van der Waals surface area contributed by atoms with E-state index < -0.39 is 55.4 Å². The van der Waals surface area contributed by atoms with Gasteiger partial charge in [-0.15, -0.1) is 0 Å². The van der Waals surface area contributed by atoms with Gasteiger partial charge in [0.05, 0.1) is 25.2 Å². The van der Waals surface area contributed by atoms with Gasteiger partial charge in [0.25, 0.3) is 11.8 Å². The molecule has 3 rings (SSSR count). The molecular weight excluding hydrogens is 504 g/mol. The molecule has 0 aliphatic carbocycles. The topological polar surface area (TPSA) is 126 Å². The highest BCUT2D eigenvalue weighted by atomic mass is 19.3. The molecule has 3 N–H and O–H groups in total. The molecule has 1 aromatic rings. The lowest BCUT2D eigenvalue weighted by atomic mass is 9.79. The van der Waals surface area contributed by atoms with Crippen LogP contribution in [-0.4, -0.2) is 88.9 Å². The third-order valence-corrected chi connectivity index (χ3v) is 6.80. The van der Waals surface area contributed by atoms with Crippen molar-refractivity contribution in [3.63, 3.8) is 0 Å². The number of hydrogen-bond donors (Lipinski definition) is 3. The molecule has 2 saturated heterocycles. The molecule has 206 valence electrons. The van der Waals surface area contributed by atoms with Crippen molar-refractivity contribution >= 4 is 19.1 Å². The van der Waals surface area contributed by atoms with E-state index in [0.717, 1.165) is 4.90 Å². The van der Waals surface area contributed by atoms with Gasteiger partial charge in [0.15, 0.2) is 0 Å². The van der Waals surface area contributed by atoms with Crippen molar-refractivity contribution in [2.75, 3.05) is 26.2 Å². The second-order valence-corrected chi connectivity index (χ2v) is 10.2. The standard InChI is InChI=1S/C25H32BF3N4O5/c1-24(2,32-9-8-25(28,29)16-32)11-18(13-30)22(34)33-14-19(27)10-20(33)15-38-23(35)31-21(12-26(36)37)17-6-4-3-5-7-17/h3-7,11,19-21,36-37H,8-10,12,14-16H2,1-2H3,(H,31,35)/t19?,20?,21-/m1/s1. The van der Waals surface area contributed by atoms with E-state index in [-0.39, 0.29) is 44.4 Å². The molecule has 13 heteroatoms. The molecule has 38 heavy (non-hydrogen) atoms. The van der Waals surface area contributed by atoms with Crippen LogP contribution in [0.15, 0.2) is 42.0 Å². The predicted molar refractivity (Wildman–Crippen MR) is 133 cm³/mol. The second-order valence-electron chi connectivity index (χ2n) is 10.2. The third-order valence-electron chi connectivity index (χ3n) is 6.80. The zero-order valence-electron chi connectivity index (χ0n) is 21.3. The fourth-order valence-electron chi connectivity index (χ4n) is 4.77. The van der Waals surface area contributed by atoms with E-state index >= 15 is 0 Å². The van der Waals surface area contributed by atoms with Crippen molar-refractivity contribution in [1.29, 1.82) is 5.26 Å². The summed E-state index contributed by atoms with van der Waals surface area (Å²) in [6, 6.07) is 8.78. The minimum absolute atomic E-state index is 0.0997. The Hall–Kier alpha value is -3.08. The number of likely N-dealkylation sites (tertiary alicyclic amines) is 2. The fourth-order valence-corrected chi connectivity index (χ4v) is 4.77. The lowest BCUT2D eigenvalue weighted by Gasteiger charge is -2.33. The van der Waals surface area contributed by atoms with Crippen molar-refractivity contribution in [3.05, 3.63) is 47.5 Å². The third kappa shape index (κ3) is 7.72. The first-order valence-electron chi connectivity index (χ1n) is 12.4. The molecule has 0 spiro atoms. The van der Waals surface area contributed by atoms with Crippen LogP contribution in [0.5, 0.6) is 0 Å². The number of nitrogens with one attached hydrogen (secondary N) is 1. The summed E-state index contributed by atoms with van der Waals surface area (Å²) in [5.74, 6) is -3.62. The highest BCUT2D eigenvalue weighted by molar-refractivity contribution is 6.41. The Balaban J connectivity index is 1.66. The van der Waals surface area contributed by atoms with Gasteiger partial charge in [0.2, 0.25) is 0 Å². The van der Waals surface area contributed by atoms with Gasteiger partial charge < -0.3 is 25.0 Å². The van der Waals surface area contributed by atoms with Crippen LogP contribution in [0, 0.1) is 11.3 Å². The van der Waals surface area contributed by atoms with Crippen LogP contribution in [0.1, 0.15) is 38.3 Å². The molecule has 0 bridgehead atoms. The summed E-state index contributed by atoms with van der Waals surface area (Å²) in [6.07, 6.45) is -1.62. The fraction of sp³-hybridized carbons (Fsp3) is 0.560. The van der Waals surface area contributed by atoms with Gasteiger partial charge >= 0.3 is 13.2 Å². The Kier molecular flexibility index (Phi) is 9.46. The number of carbonyl (C=O) groups is 2. The summed E-state index contributed by atoms with van der Waals surface area (Å²) in [4.78, 5) is 28.2. The van der Waals surface area contributed by atoms with E-state index in [4.69, 9.17) is 4.74 Å².